The molecule has 0 amide bonds. The lowest BCUT2D eigenvalue weighted by molar-refractivity contribution is 0.481. The average Bonchev–Trinajstić information content (AvgIpc) is 3.90. The zero-order valence-electron chi connectivity index (χ0n) is 34.4. The summed E-state index contributed by atoms with van der Waals surface area (Å²) >= 11 is 0. The number of benzene rings is 7. The summed E-state index contributed by atoms with van der Waals surface area (Å²) in [6.07, 6.45) is 2.96. The van der Waals surface area contributed by atoms with Crippen LogP contribution in [0.2, 0.25) is 0 Å². The largest absolute Gasteiger partial charge is 0.457 e. The predicted molar refractivity (Wildman–Crippen MR) is 249 cm³/mol. The summed E-state index contributed by atoms with van der Waals surface area (Å²) in [7, 11) is 0. The van der Waals surface area contributed by atoms with Crippen molar-refractivity contribution >= 4 is 44.6 Å². The average molecular weight is 779 g/mol. The van der Waals surface area contributed by atoms with Crippen LogP contribution < -0.4 is 14.5 Å². The fourth-order valence-corrected chi connectivity index (χ4v) is 9.82. The van der Waals surface area contributed by atoms with Crippen molar-refractivity contribution in [2.75, 3.05) is 16.5 Å². The zero-order chi connectivity index (χ0) is 40.5. The van der Waals surface area contributed by atoms with Crippen LogP contribution in [0.3, 0.4) is 0 Å². The van der Waals surface area contributed by atoms with Crippen LogP contribution in [0.4, 0.5) is 22.7 Å². The summed E-state index contributed by atoms with van der Waals surface area (Å²) in [6, 6.07) is 61.0. The molecule has 11 rings (SSSR count). The first-order valence-corrected chi connectivity index (χ1v) is 21.1. The van der Waals surface area contributed by atoms with Gasteiger partial charge in [0.1, 0.15) is 24.0 Å². The van der Waals surface area contributed by atoms with Crippen LogP contribution in [0.5, 0.6) is 11.5 Å². The summed E-state index contributed by atoms with van der Waals surface area (Å²) in [5, 5.41) is 2.61. The molecule has 9 aromatic rings. The second-order valence-corrected chi connectivity index (χ2v) is 17.2. The van der Waals surface area contributed by atoms with E-state index in [9.17, 15) is 0 Å². The van der Waals surface area contributed by atoms with Crippen molar-refractivity contribution in [3.8, 4) is 39.6 Å². The highest BCUT2D eigenvalue weighted by Gasteiger charge is 2.37. The van der Waals surface area contributed by atoms with Gasteiger partial charge >= 0.3 is 0 Å². The van der Waals surface area contributed by atoms with Crippen LogP contribution in [-0.2, 0) is 11.8 Å². The van der Waals surface area contributed by atoms with E-state index in [4.69, 9.17) is 9.72 Å². The maximum absolute atomic E-state index is 6.95. The fraction of sp³-hybridized carbons (Fsp3) is 0.145. The van der Waals surface area contributed by atoms with Gasteiger partial charge in [0.15, 0.2) is 0 Å². The van der Waals surface area contributed by atoms with E-state index in [-0.39, 0.29) is 5.41 Å². The van der Waals surface area contributed by atoms with E-state index in [1.807, 2.05) is 6.20 Å². The third-order valence-electron chi connectivity index (χ3n) is 12.5. The molecule has 1 aliphatic heterocycles. The summed E-state index contributed by atoms with van der Waals surface area (Å²) in [5.74, 6) is 3.10. The number of fused-ring (bicyclic) bond motifs is 1. The van der Waals surface area contributed by atoms with Gasteiger partial charge in [0.25, 0.3) is 0 Å². The number of ether oxygens (including phenoxy) is 1. The standard InChI is InChI=1S/C55H46N4O/c1-36(2)30-37-28-29-56-51(31-37)59-49-27-15-24-45-52(49)53-46(55(45,3)4)33-42(34-50(53)59)60-41-21-13-20-40(32-41)57-35-58(48-26-12-11-25-47(48)57)54-43(38-16-7-5-8-17-38)22-14-23-44(54)39-18-9-6-10-19-39/h5-29,31-34,36H,30,35H2,1-4H3. The van der Waals surface area contributed by atoms with Crippen molar-refractivity contribution in [3.63, 3.8) is 0 Å². The lowest BCUT2D eigenvalue weighted by atomic mass is 9.81. The fourth-order valence-electron chi connectivity index (χ4n) is 9.82. The molecule has 3 heterocycles. The molecule has 0 fully saturated rings. The maximum atomic E-state index is 6.95. The number of pyridine rings is 1. The van der Waals surface area contributed by atoms with Crippen LogP contribution in [-0.4, -0.2) is 16.2 Å². The Morgan fingerprint density at radius 1 is 0.583 bits per heavy atom. The molecule has 0 spiro atoms. The zero-order valence-corrected chi connectivity index (χ0v) is 34.4. The Labute approximate surface area is 351 Å². The van der Waals surface area contributed by atoms with Gasteiger partial charge in [-0.15, -0.1) is 0 Å². The minimum absolute atomic E-state index is 0.174. The SMILES string of the molecule is CC(C)Cc1ccnc(-n2c3cccc4c3c3c(cc(Oc5cccc(N6CN(c7c(-c8ccccc8)cccc7-c7ccccc7)c7ccccc76)c5)cc32)C4(C)C)c1. The highest BCUT2D eigenvalue weighted by molar-refractivity contribution is 6.16. The Hall–Kier alpha value is -7.11. The van der Waals surface area contributed by atoms with Gasteiger partial charge in [-0.2, -0.15) is 0 Å². The van der Waals surface area contributed by atoms with Crippen LogP contribution in [0.15, 0.2) is 176 Å². The molecule has 0 saturated carbocycles. The molecular formula is C55H46N4O. The molecule has 0 radical (unpaired) electrons. The van der Waals surface area contributed by atoms with Crippen LogP contribution in [0.1, 0.15) is 44.4 Å². The summed E-state index contributed by atoms with van der Waals surface area (Å²) in [4.78, 5) is 9.83. The van der Waals surface area contributed by atoms with Crippen molar-refractivity contribution in [3.05, 3.63) is 193 Å². The van der Waals surface area contributed by atoms with Crippen molar-refractivity contribution in [1.82, 2.24) is 9.55 Å². The molecule has 0 saturated heterocycles. The molecule has 0 bridgehead atoms. The highest BCUT2D eigenvalue weighted by Crippen LogP contribution is 2.53. The lowest BCUT2D eigenvalue weighted by Crippen LogP contribution is -2.25. The summed E-state index contributed by atoms with van der Waals surface area (Å²) < 4.78 is 9.29. The normalized spacial score (nSPS) is 13.9. The van der Waals surface area contributed by atoms with Crippen molar-refractivity contribution in [1.29, 1.82) is 0 Å². The third-order valence-corrected chi connectivity index (χ3v) is 12.5. The van der Waals surface area contributed by atoms with Gasteiger partial charge in [-0.3, -0.25) is 4.57 Å². The molecule has 2 aliphatic rings. The Morgan fingerprint density at radius 3 is 1.95 bits per heavy atom. The number of nitrogens with zero attached hydrogens (tertiary/aromatic N) is 4. The second-order valence-electron chi connectivity index (χ2n) is 17.2. The van der Waals surface area contributed by atoms with Crippen LogP contribution in [0.25, 0.3) is 49.9 Å². The van der Waals surface area contributed by atoms with Gasteiger partial charge in [0, 0.05) is 51.3 Å². The van der Waals surface area contributed by atoms with E-state index in [1.165, 1.54) is 60.9 Å². The molecule has 5 nitrogen and oxygen atoms in total. The quantitative estimate of drug-likeness (QED) is 0.146. The number of para-hydroxylation sites is 3. The van der Waals surface area contributed by atoms with E-state index in [1.54, 1.807) is 0 Å². The Kier molecular flexibility index (Phi) is 8.42. The number of hydrogen-bond acceptors (Lipinski definition) is 4. The van der Waals surface area contributed by atoms with Crippen molar-refractivity contribution in [2.45, 2.75) is 39.5 Å². The molecule has 5 heteroatoms. The lowest BCUT2D eigenvalue weighted by Gasteiger charge is -2.27. The minimum atomic E-state index is -0.174. The molecule has 292 valence electrons. The molecular weight excluding hydrogens is 733 g/mol. The van der Waals surface area contributed by atoms with Crippen molar-refractivity contribution in [2.24, 2.45) is 5.92 Å². The molecule has 0 N–H and O–H groups in total. The maximum Gasteiger partial charge on any atom is 0.137 e. The van der Waals surface area contributed by atoms with Crippen LogP contribution in [0, 0.1) is 5.92 Å². The van der Waals surface area contributed by atoms with Gasteiger partial charge in [-0.05, 0) is 88.7 Å². The number of aromatic nitrogens is 2. The van der Waals surface area contributed by atoms with Crippen LogP contribution >= 0.6 is 0 Å². The Morgan fingerprint density at radius 2 is 1.23 bits per heavy atom. The van der Waals surface area contributed by atoms with E-state index in [0.717, 1.165) is 46.3 Å². The van der Waals surface area contributed by atoms with E-state index in [2.05, 4.69) is 212 Å². The molecule has 60 heavy (non-hydrogen) atoms. The highest BCUT2D eigenvalue weighted by atomic mass is 16.5. The second kappa shape index (κ2) is 14.0. The first-order chi connectivity index (χ1) is 29.3. The molecule has 0 unspecified atom stereocenters. The predicted octanol–water partition coefficient (Wildman–Crippen LogP) is 14.4. The smallest absolute Gasteiger partial charge is 0.137 e. The molecule has 1 aliphatic carbocycles. The minimum Gasteiger partial charge on any atom is -0.457 e. The van der Waals surface area contributed by atoms with Gasteiger partial charge < -0.3 is 14.5 Å². The molecule has 0 atom stereocenters. The molecule has 2 aromatic heterocycles. The summed E-state index contributed by atoms with van der Waals surface area (Å²) in [5.41, 5.74) is 15.4. The van der Waals surface area contributed by atoms with Gasteiger partial charge in [-0.25, -0.2) is 4.98 Å². The Balaban J connectivity index is 0.998. The van der Waals surface area contributed by atoms with E-state index in [0.29, 0.717) is 12.6 Å². The van der Waals surface area contributed by atoms with Crippen molar-refractivity contribution < 1.29 is 4.74 Å². The van der Waals surface area contributed by atoms with Gasteiger partial charge in [-0.1, -0.05) is 137 Å². The van der Waals surface area contributed by atoms with Gasteiger partial charge in [0.05, 0.1) is 28.1 Å². The first kappa shape index (κ1) is 36.0. The van der Waals surface area contributed by atoms with E-state index >= 15 is 0 Å². The Bertz CT molecular complexity index is 3030. The van der Waals surface area contributed by atoms with Gasteiger partial charge in [0.2, 0.25) is 0 Å². The topological polar surface area (TPSA) is 33.5 Å². The summed E-state index contributed by atoms with van der Waals surface area (Å²) in [6.45, 7) is 9.85. The third kappa shape index (κ3) is 5.79. The number of hydrogen-bond donors (Lipinski definition) is 0. The number of rotatable bonds is 9. The van der Waals surface area contributed by atoms with E-state index < -0.39 is 0 Å². The monoisotopic (exact) mass is 778 g/mol. The first-order valence-electron chi connectivity index (χ1n) is 21.1. The number of anilines is 4. The molecule has 7 aromatic carbocycles.